The van der Waals surface area contributed by atoms with Crippen molar-refractivity contribution in [3.8, 4) is 0 Å². The minimum absolute atomic E-state index is 0.0331. The lowest BCUT2D eigenvalue weighted by Crippen LogP contribution is -2.59. The van der Waals surface area contributed by atoms with Crippen molar-refractivity contribution in [2.24, 2.45) is 16.7 Å². The second-order valence-electron chi connectivity index (χ2n) is 9.02. The van der Waals surface area contributed by atoms with Crippen LogP contribution in [0.15, 0.2) is 24.3 Å². The molecule has 0 aromatic heterocycles. The monoisotopic (exact) mass is 368 g/mol. The van der Waals surface area contributed by atoms with Gasteiger partial charge in [-0.15, -0.1) is 0 Å². The maximum absolute atomic E-state index is 13.2. The number of hydrogen-bond acceptors (Lipinski definition) is 3. The fourth-order valence-electron chi connectivity index (χ4n) is 5.10. The van der Waals surface area contributed by atoms with Crippen molar-refractivity contribution in [1.82, 2.24) is 4.90 Å². The SMILES string of the molecule is CC1(C)[C@H]2CC[C@]1(C)C(=O)N(c1ccc(C(=O)N3CCCCC3)cc1)C2=O. The van der Waals surface area contributed by atoms with E-state index in [2.05, 4.69) is 0 Å². The number of piperidine rings is 2. The zero-order valence-electron chi connectivity index (χ0n) is 16.5. The first-order valence-corrected chi connectivity index (χ1v) is 10.0. The smallest absolute Gasteiger partial charge is 0.253 e. The predicted molar refractivity (Wildman–Crippen MR) is 103 cm³/mol. The molecule has 0 spiro atoms. The molecule has 2 bridgehead atoms. The predicted octanol–water partition coefficient (Wildman–Crippen LogP) is 3.63. The Kier molecular flexibility index (Phi) is 4.17. The quantitative estimate of drug-likeness (QED) is 0.749. The Balaban J connectivity index is 1.60. The van der Waals surface area contributed by atoms with Gasteiger partial charge in [0.25, 0.3) is 5.91 Å². The van der Waals surface area contributed by atoms with Crippen LogP contribution in [-0.2, 0) is 9.59 Å². The molecule has 144 valence electrons. The molecular formula is C22H28N2O3. The number of amides is 3. The van der Waals surface area contributed by atoms with Crippen LogP contribution in [-0.4, -0.2) is 35.7 Å². The summed E-state index contributed by atoms with van der Waals surface area (Å²) < 4.78 is 0. The molecule has 2 heterocycles. The van der Waals surface area contributed by atoms with E-state index in [9.17, 15) is 14.4 Å². The Morgan fingerprint density at radius 1 is 1.00 bits per heavy atom. The van der Waals surface area contributed by atoms with E-state index in [1.165, 1.54) is 11.3 Å². The van der Waals surface area contributed by atoms with E-state index >= 15 is 0 Å². The standard InChI is InChI=1S/C22H28N2O3/c1-21(2)17-11-12-22(21,3)20(27)24(19(17)26)16-9-7-15(8-10-16)18(25)23-13-5-4-6-14-23/h7-10,17H,4-6,11-14H2,1-3H3/t17-,22+/m0/s1. The number of anilines is 1. The second kappa shape index (κ2) is 6.18. The molecule has 0 radical (unpaired) electrons. The average molecular weight is 368 g/mol. The van der Waals surface area contributed by atoms with Crippen molar-refractivity contribution in [3.05, 3.63) is 29.8 Å². The summed E-state index contributed by atoms with van der Waals surface area (Å²) in [5, 5.41) is 0. The number of likely N-dealkylation sites (tertiary alicyclic amines) is 1. The number of fused-ring (bicyclic) bond motifs is 2. The molecule has 0 unspecified atom stereocenters. The first-order valence-electron chi connectivity index (χ1n) is 10.0. The molecule has 2 atom stereocenters. The molecule has 3 amide bonds. The zero-order chi connectivity index (χ0) is 19.4. The van der Waals surface area contributed by atoms with Crippen LogP contribution in [0.3, 0.4) is 0 Å². The Morgan fingerprint density at radius 3 is 2.26 bits per heavy atom. The molecule has 3 aliphatic rings. The molecule has 2 saturated heterocycles. The molecule has 5 heteroatoms. The summed E-state index contributed by atoms with van der Waals surface area (Å²) in [5.74, 6) is -0.308. The number of benzene rings is 1. The highest BCUT2D eigenvalue weighted by Crippen LogP contribution is 2.60. The van der Waals surface area contributed by atoms with Gasteiger partial charge in [-0.3, -0.25) is 14.4 Å². The first kappa shape index (κ1) is 18.2. The first-order chi connectivity index (χ1) is 12.8. The number of carbonyl (C=O) groups excluding carboxylic acids is 3. The summed E-state index contributed by atoms with van der Waals surface area (Å²) in [6.07, 6.45) is 4.79. The molecule has 27 heavy (non-hydrogen) atoms. The van der Waals surface area contributed by atoms with E-state index in [1.54, 1.807) is 24.3 Å². The van der Waals surface area contributed by atoms with E-state index in [0.29, 0.717) is 11.3 Å². The van der Waals surface area contributed by atoms with Gasteiger partial charge in [0.05, 0.1) is 11.1 Å². The highest BCUT2D eigenvalue weighted by atomic mass is 16.2. The van der Waals surface area contributed by atoms with Gasteiger partial charge in [-0.2, -0.15) is 0 Å². The molecule has 3 fully saturated rings. The topological polar surface area (TPSA) is 57.7 Å². The van der Waals surface area contributed by atoms with Crippen LogP contribution in [0, 0.1) is 16.7 Å². The number of rotatable bonds is 2. The van der Waals surface area contributed by atoms with Crippen molar-refractivity contribution in [2.45, 2.75) is 52.9 Å². The zero-order valence-corrected chi connectivity index (χ0v) is 16.5. The van der Waals surface area contributed by atoms with E-state index < -0.39 is 5.41 Å². The van der Waals surface area contributed by atoms with Gasteiger partial charge in [0.1, 0.15) is 0 Å². The number of hydrogen-bond donors (Lipinski definition) is 0. The van der Waals surface area contributed by atoms with E-state index in [-0.39, 0.29) is 29.1 Å². The lowest BCUT2D eigenvalue weighted by atomic mass is 9.62. The van der Waals surface area contributed by atoms with Crippen LogP contribution in [0.4, 0.5) is 5.69 Å². The fraction of sp³-hybridized carbons (Fsp3) is 0.591. The van der Waals surface area contributed by atoms with Gasteiger partial charge in [0.15, 0.2) is 0 Å². The summed E-state index contributed by atoms with van der Waals surface area (Å²) in [7, 11) is 0. The van der Waals surface area contributed by atoms with Crippen molar-refractivity contribution in [2.75, 3.05) is 18.0 Å². The molecule has 2 aliphatic heterocycles. The minimum atomic E-state index is -0.520. The van der Waals surface area contributed by atoms with E-state index in [0.717, 1.165) is 38.8 Å². The largest absolute Gasteiger partial charge is 0.339 e. The second-order valence-corrected chi connectivity index (χ2v) is 9.02. The van der Waals surface area contributed by atoms with Crippen LogP contribution in [0.5, 0.6) is 0 Å². The van der Waals surface area contributed by atoms with Crippen LogP contribution >= 0.6 is 0 Å². The van der Waals surface area contributed by atoms with Gasteiger partial charge < -0.3 is 4.90 Å². The highest BCUT2D eigenvalue weighted by Gasteiger charge is 2.64. The number of carbonyl (C=O) groups is 3. The van der Waals surface area contributed by atoms with Crippen molar-refractivity contribution in [1.29, 1.82) is 0 Å². The fourth-order valence-corrected chi connectivity index (χ4v) is 5.10. The summed E-state index contributed by atoms with van der Waals surface area (Å²) in [4.78, 5) is 42.2. The molecule has 1 saturated carbocycles. The molecule has 1 aromatic rings. The third-order valence-corrected chi connectivity index (χ3v) is 7.44. The van der Waals surface area contributed by atoms with Gasteiger partial charge in [-0.05, 0) is 61.8 Å². The van der Waals surface area contributed by atoms with Gasteiger partial charge in [0, 0.05) is 24.6 Å². The lowest BCUT2D eigenvalue weighted by Gasteiger charge is -2.47. The number of nitrogens with zero attached hydrogens (tertiary/aromatic N) is 2. The van der Waals surface area contributed by atoms with Gasteiger partial charge >= 0.3 is 0 Å². The van der Waals surface area contributed by atoms with Crippen LogP contribution in [0.25, 0.3) is 0 Å². The average Bonchev–Trinajstić information content (AvgIpc) is 2.86. The molecule has 5 nitrogen and oxygen atoms in total. The normalized spacial score (nSPS) is 30.0. The lowest BCUT2D eigenvalue weighted by molar-refractivity contribution is -0.146. The highest BCUT2D eigenvalue weighted by molar-refractivity contribution is 6.20. The Hall–Kier alpha value is -2.17. The van der Waals surface area contributed by atoms with Gasteiger partial charge in [0.2, 0.25) is 11.8 Å². The van der Waals surface area contributed by atoms with Crippen molar-refractivity contribution < 1.29 is 14.4 Å². The minimum Gasteiger partial charge on any atom is -0.339 e. The summed E-state index contributed by atoms with van der Waals surface area (Å²) in [6, 6.07) is 6.98. The molecule has 0 N–H and O–H groups in total. The van der Waals surface area contributed by atoms with E-state index in [1.807, 2.05) is 25.7 Å². The van der Waals surface area contributed by atoms with Crippen molar-refractivity contribution in [3.63, 3.8) is 0 Å². The Bertz CT molecular complexity index is 792. The summed E-state index contributed by atoms with van der Waals surface area (Å²) in [5.41, 5.74) is 0.358. The van der Waals surface area contributed by atoms with Crippen LogP contribution in [0.1, 0.15) is 63.2 Å². The molecule has 1 aromatic carbocycles. The van der Waals surface area contributed by atoms with Crippen molar-refractivity contribution >= 4 is 23.4 Å². The Labute approximate surface area is 160 Å². The molecular weight excluding hydrogens is 340 g/mol. The maximum atomic E-state index is 13.2. The third-order valence-electron chi connectivity index (χ3n) is 7.44. The number of imide groups is 1. The Morgan fingerprint density at radius 2 is 1.63 bits per heavy atom. The van der Waals surface area contributed by atoms with Crippen LogP contribution in [0.2, 0.25) is 0 Å². The van der Waals surface area contributed by atoms with Gasteiger partial charge in [-0.25, -0.2) is 4.90 Å². The van der Waals surface area contributed by atoms with Gasteiger partial charge in [-0.1, -0.05) is 20.8 Å². The third kappa shape index (κ3) is 2.54. The molecule has 4 rings (SSSR count). The molecule has 1 aliphatic carbocycles. The summed E-state index contributed by atoms with van der Waals surface area (Å²) in [6.45, 7) is 7.68. The summed E-state index contributed by atoms with van der Waals surface area (Å²) >= 11 is 0. The van der Waals surface area contributed by atoms with Crippen LogP contribution < -0.4 is 4.90 Å². The maximum Gasteiger partial charge on any atom is 0.253 e. The van der Waals surface area contributed by atoms with E-state index in [4.69, 9.17) is 0 Å².